The molecule has 34 heavy (non-hydrogen) atoms. The second-order valence-electron chi connectivity index (χ2n) is 8.02. The van der Waals surface area contributed by atoms with Gasteiger partial charge in [-0.25, -0.2) is 4.98 Å². The third-order valence-corrected chi connectivity index (χ3v) is 7.07. The number of fused-ring (bicyclic) bond motifs is 2. The van der Waals surface area contributed by atoms with Crippen molar-refractivity contribution in [3.63, 3.8) is 0 Å². The Morgan fingerprint density at radius 1 is 1.24 bits per heavy atom. The molecule has 1 aromatic carbocycles. The van der Waals surface area contributed by atoms with Crippen LogP contribution in [0, 0.1) is 0 Å². The summed E-state index contributed by atoms with van der Waals surface area (Å²) in [7, 11) is 0. The van der Waals surface area contributed by atoms with Crippen LogP contribution in [0.1, 0.15) is 31.4 Å². The van der Waals surface area contributed by atoms with Crippen molar-refractivity contribution >= 4 is 51.7 Å². The molecule has 10 heteroatoms. The topological polar surface area (TPSA) is 85.2 Å². The van der Waals surface area contributed by atoms with Crippen molar-refractivity contribution in [2.45, 2.75) is 32.9 Å². The van der Waals surface area contributed by atoms with Crippen molar-refractivity contribution in [1.29, 1.82) is 0 Å². The van der Waals surface area contributed by atoms with Crippen LogP contribution in [0.3, 0.4) is 0 Å². The minimum absolute atomic E-state index is 0.103. The molecule has 8 nitrogen and oxygen atoms in total. The van der Waals surface area contributed by atoms with Gasteiger partial charge in [-0.05, 0) is 49.2 Å². The number of nitrogens with one attached hydrogen (secondary N) is 1. The molecule has 2 aromatic heterocycles. The molecule has 0 spiro atoms. The Labute approximate surface area is 205 Å². The molecule has 5 rings (SSSR count). The molecule has 2 aliphatic rings. The monoisotopic (exact) mass is 494 g/mol. The Morgan fingerprint density at radius 3 is 2.88 bits per heavy atom. The van der Waals surface area contributed by atoms with Gasteiger partial charge in [-0.1, -0.05) is 43.0 Å². The molecule has 0 saturated carbocycles. The quantitative estimate of drug-likeness (QED) is 0.406. The van der Waals surface area contributed by atoms with Crippen LogP contribution in [-0.4, -0.2) is 37.3 Å². The maximum absolute atomic E-state index is 13.3. The predicted octanol–water partition coefficient (Wildman–Crippen LogP) is 4.04. The molecule has 2 aliphatic heterocycles. The number of carbonyl (C=O) groups is 1. The normalized spacial score (nSPS) is 17.1. The van der Waals surface area contributed by atoms with Crippen LogP contribution in [0.2, 0.25) is 0 Å². The third kappa shape index (κ3) is 4.14. The van der Waals surface area contributed by atoms with E-state index in [1.807, 2.05) is 38.1 Å². The van der Waals surface area contributed by atoms with E-state index in [2.05, 4.69) is 10.3 Å². The summed E-state index contributed by atoms with van der Waals surface area (Å²) in [6, 6.07) is 11.0. The fourth-order valence-electron chi connectivity index (χ4n) is 3.67. The number of aromatic nitrogens is 2. The number of thioether (sulfide) groups is 1. The van der Waals surface area contributed by atoms with Gasteiger partial charge in [0, 0.05) is 12.2 Å². The number of amides is 1. The molecule has 4 heterocycles. The molecular weight excluding hydrogens is 472 g/mol. The zero-order valence-electron chi connectivity index (χ0n) is 18.6. The number of ether oxygens (including phenoxy) is 2. The van der Waals surface area contributed by atoms with E-state index < -0.39 is 0 Å². The molecule has 174 valence electrons. The Kier molecular flexibility index (Phi) is 6.01. The number of benzene rings is 1. The Balaban J connectivity index is 1.49. The lowest BCUT2D eigenvalue weighted by Crippen LogP contribution is -2.27. The molecule has 0 aliphatic carbocycles. The Morgan fingerprint density at radius 2 is 2.06 bits per heavy atom. The SMILES string of the molecule is CC[C@H](C)Nc1nc2ccccn2c(=O)c1/C=C1\SC(=S)N(Cc2ccc3c(c2)OCO3)C1=O. The minimum Gasteiger partial charge on any atom is -0.454 e. The van der Waals surface area contributed by atoms with Gasteiger partial charge < -0.3 is 14.8 Å². The number of pyridine rings is 1. The van der Waals surface area contributed by atoms with Crippen LogP contribution in [-0.2, 0) is 11.3 Å². The first-order chi connectivity index (χ1) is 16.4. The van der Waals surface area contributed by atoms with Crippen molar-refractivity contribution in [2.75, 3.05) is 12.1 Å². The van der Waals surface area contributed by atoms with Crippen molar-refractivity contribution in [1.82, 2.24) is 14.3 Å². The summed E-state index contributed by atoms with van der Waals surface area (Å²) < 4.78 is 12.7. The fraction of sp³-hybridized carbons (Fsp3) is 0.250. The van der Waals surface area contributed by atoms with Gasteiger partial charge in [0.25, 0.3) is 11.5 Å². The average molecular weight is 495 g/mol. The van der Waals surface area contributed by atoms with E-state index in [4.69, 9.17) is 21.7 Å². The van der Waals surface area contributed by atoms with E-state index >= 15 is 0 Å². The summed E-state index contributed by atoms with van der Waals surface area (Å²) >= 11 is 6.68. The van der Waals surface area contributed by atoms with Crippen LogP contribution in [0.25, 0.3) is 11.7 Å². The summed E-state index contributed by atoms with van der Waals surface area (Å²) in [5.74, 6) is 1.53. The van der Waals surface area contributed by atoms with E-state index in [9.17, 15) is 9.59 Å². The van der Waals surface area contributed by atoms with Gasteiger partial charge in [-0.2, -0.15) is 0 Å². The van der Waals surface area contributed by atoms with Crippen LogP contribution < -0.4 is 20.3 Å². The van der Waals surface area contributed by atoms with Crippen molar-refractivity contribution in [3.8, 4) is 11.5 Å². The maximum Gasteiger partial charge on any atom is 0.267 e. The lowest BCUT2D eigenvalue weighted by Gasteiger charge is -2.16. The van der Waals surface area contributed by atoms with E-state index in [-0.39, 0.29) is 24.3 Å². The first kappa shape index (κ1) is 22.4. The summed E-state index contributed by atoms with van der Waals surface area (Å²) in [4.78, 5) is 33.1. The van der Waals surface area contributed by atoms with Crippen LogP contribution in [0.5, 0.6) is 11.5 Å². The van der Waals surface area contributed by atoms with Gasteiger partial charge in [0.2, 0.25) is 6.79 Å². The first-order valence-corrected chi connectivity index (χ1v) is 12.1. The second kappa shape index (κ2) is 9.11. The highest BCUT2D eigenvalue weighted by Crippen LogP contribution is 2.36. The van der Waals surface area contributed by atoms with E-state index in [1.54, 1.807) is 24.4 Å². The zero-order valence-corrected chi connectivity index (χ0v) is 20.2. The number of carbonyl (C=O) groups excluding carboxylic acids is 1. The zero-order chi connectivity index (χ0) is 23.8. The summed E-state index contributed by atoms with van der Waals surface area (Å²) in [5, 5.41) is 3.31. The maximum atomic E-state index is 13.3. The molecule has 1 N–H and O–H groups in total. The summed E-state index contributed by atoms with van der Waals surface area (Å²) in [6.45, 7) is 4.55. The number of nitrogens with zero attached hydrogens (tertiary/aromatic N) is 3. The summed E-state index contributed by atoms with van der Waals surface area (Å²) in [5.41, 5.74) is 1.48. The smallest absolute Gasteiger partial charge is 0.267 e. The van der Waals surface area contributed by atoms with Crippen LogP contribution in [0.4, 0.5) is 5.82 Å². The van der Waals surface area contributed by atoms with Crippen LogP contribution in [0.15, 0.2) is 52.3 Å². The lowest BCUT2D eigenvalue weighted by atomic mass is 10.2. The Bertz CT molecular complexity index is 1400. The largest absolute Gasteiger partial charge is 0.454 e. The number of thiocarbonyl (C=S) groups is 1. The molecule has 1 saturated heterocycles. The fourth-order valence-corrected chi connectivity index (χ4v) is 4.90. The van der Waals surface area contributed by atoms with Gasteiger partial charge in [0.15, 0.2) is 11.5 Å². The molecule has 3 aromatic rings. The predicted molar refractivity (Wildman–Crippen MR) is 136 cm³/mol. The van der Waals surface area contributed by atoms with Crippen LogP contribution >= 0.6 is 24.0 Å². The first-order valence-electron chi connectivity index (χ1n) is 10.9. The lowest BCUT2D eigenvalue weighted by molar-refractivity contribution is -0.122. The highest BCUT2D eigenvalue weighted by atomic mass is 32.2. The summed E-state index contributed by atoms with van der Waals surface area (Å²) in [6.07, 6.45) is 4.12. The van der Waals surface area contributed by atoms with Crippen molar-refractivity contribution < 1.29 is 14.3 Å². The number of hydrogen-bond donors (Lipinski definition) is 1. The minimum atomic E-state index is -0.252. The van der Waals surface area contributed by atoms with Gasteiger partial charge in [-0.15, -0.1) is 0 Å². The van der Waals surface area contributed by atoms with Gasteiger partial charge >= 0.3 is 0 Å². The van der Waals surface area contributed by atoms with E-state index in [0.717, 1.165) is 12.0 Å². The third-order valence-electron chi connectivity index (χ3n) is 5.69. The molecule has 0 bridgehead atoms. The number of hydrogen-bond acceptors (Lipinski definition) is 8. The Hall–Kier alpha value is -3.37. The highest BCUT2D eigenvalue weighted by molar-refractivity contribution is 8.26. The van der Waals surface area contributed by atoms with Gasteiger partial charge in [0.1, 0.15) is 15.8 Å². The van der Waals surface area contributed by atoms with Gasteiger partial charge in [-0.3, -0.25) is 18.9 Å². The molecule has 0 radical (unpaired) electrons. The van der Waals surface area contributed by atoms with Crippen molar-refractivity contribution in [3.05, 3.63) is 69.0 Å². The van der Waals surface area contributed by atoms with E-state index in [0.29, 0.717) is 44.3 Å². The molecule has 1 atom stereocenters. The average Bonchev–Trinajstić information content (AvgIpc) is 3.41. The standard InChI is InChI=1S/C24H22N4O4S2/c1-3-14(2)25-21-16(22(29)27-9-5-4-6-20(27)26-21)11-19-23(30)28(24(33)34-19)12-15-7-8-17-18(10-15)32-13-31-17/h4-11,14,25H,3,12-13H2,1-2H3/b19-11-/t14-/m0/s1. The van der Waals surface area contributed by atoms with Crippen molar-refractivity contribution in [2.24, 2.45) is 0 Å². The molecule has 1 fully saturated rings. The highest BCUT2D eigenvalue weighted by Gasteiger charge is 2.33. The molecular formula is C24H22N4O4S2. The molecule has 0 unspecified atom stereocenters. The second-order valence-corrected chi connectivity index (χ2v) is 9.69. The van der Waals surface area contributed by atoms with E-state index in [1.165, 1.54) is 21.1 Å². The number of rotatable bonds is 6. The van der Waals surface area contributed by atoms with Gasteiger partial charge in [0.05, 0.1) is 17.0 Å². The molecule has 1 amide bonds. The number of anilines is 1.